The van der Waals surface area contributed by atoms with Gasteiger partial charge in [-0.15, -0.1) is 0 Å². The number of rotatable bonds is 11. The Morgan fingerprint density at radius 1 is 1.09 bits per heavy atom. The van der Waals surface area contributed by atoms with Crippen molar-refractivity contribution in [3.63, 3.8) is 0 Å². The topological polar surface area (TPSA) is 112 Å². The number of carbonyl (C=O) groups is 1. The van der Waals surface area contributed by atoms with Crippen LogP contribution >= 0.6 is 0 Å². The van der Waals surface area contributed by atoms with Gasteiger partial charge in [0.25, 0.3) is 0 Å². The molecule has 10 heteroatoms. The van der Waals surface area contributed by atoms with Gasteiger partial charge in [-0.25, -0.2) is 13.1 Å². The van der Waals surface area contributed by atoms with E-state index in [4.69, 9.17) is 18.9 Å². The van der Waals surface area contributed by atoms with Crippen molar-refractivity contribution in [2.75, 3.05) is 39.3 Å². The van der Waals surface area contributed by atoms with Crippen molar-refractivity contribution < 1.29 is 32.2 Å². The van der Waals surface area contributed by atoms with Crippen LogP contribution < -0.4 is 24.2 Å². The van der Waals surface area contributed by atoms with E-state index in [0.29, 0.717) is 29.5 Å². The molecular weight excluding hydrogens is 448 g/mol. The third kappa shape index (κ3) is 6.83. The van der Waals surface area contributed by atoms with E-state index in [1.807, 2.05) is 19.1 Å². The van der Waals surface area contributed by atoms with E-state index < -0.39 is 10.0 Å². The molecule has 0 aromatic heterocycles. The predicted molar refractivity (Wildman–Crippen MR) is 124 cm³/mol. The fourth-order valence-electron chi connectivity index (χ4n) is 3.39. The van der Waals surface area contributed by atoms with Gasteiger partial charge in [0, 0.05) is 25.6 Å². The summed E-state index contributed by atoms with van der Waals surface area (Å²) >= 11 is 0. The first-order valence-electron chi connectivity index (χ1n) is 10.7. The maximum Gasteiger partial charge on any atom is 0.240 e. The Bertz CT molecular complexity index is 1070. The van der Waals surface area contributed by atoms with Crippen molar-refractivity contribution in [3.8, 4) is 17.2 Å². The summed E-state index contributed by atoms with van der Waals surface area (Å²) in [5.41, 5.74) is 1.53. The van der Waals surface area contributed by atoms with E-state index in [1.54, 1.807) is 6.07 Å². The number of ether oxygens (including phenoxy) is 4. The molecular formula is C23H30N2O7S. The van der Waals surface area contributed by atoms with Crippen LogP contribution in [0.2, 0.25) is 0 Å². The van der Waals surface area contributed by atoms with Crippen LogP contribution in [0.4, 0.5) is 5.69 Å². The summed E-state index contributed by atoms with van der Waals surface area (Å²) in [6.45, 7) is 3.02. The van der Waals surface area contributed by atoms with Gasteiger partial charge in [0.15, 0.2) is 11.5 Å². The van der Waals surface area contributed by atoms with Crippen LogP contribution in [0, 0.1) is 6.92 Å². The number of aryl methyl sites for hydroxylation is 1. The Labute approximate surface area is 194 Å². The molecule has 0 bridgehead atoms. The van der Waals surface area contributed by atoms with E-state index in [1.165, 1.54) is 32.4 Å². The summed E-state index contributed by atoms with van der Waals surface area (Å²) in [7, 11) is -0.928. The van der Waals surface area contributed by atoms with E-state index in [9.17, 15) is 13.2 Å². The molecule has 3 rings (SSSR count). The second-order valence-electron chi connectivity index (χ2n) is 7.66. The highest BCUT2D eigenvalue weighted by molar-refractivity contribution is 7.89. The number of nitrogens with one attached hydrogen (secondary N) is 2. The lowest BCUT2D eigenvalue weighted by molar-refractivity contribution is -0.116. The SMILES string of the molecule is COc1ccc(S(=O)(=O)NCCC(=O)Nc2ccc(C)cc2OCC2CCCO2)cc1OC. The van der Waals surface area contributed by atoms with Gasteiger partial charge in [-0.2, -0.15) is 0 Å². The van der Waals surface area contributed by atoms with Gasteiger partial charge in [-0.1, -0.05) is 6.07 Å². The first-order valence-corrected chi connectivity index (χ1v) is 12.2. The van der Waals surface area contributed by atoms with Crippen LogP contribution in [0.15, 0.2) is 41.3 Å². The molecule has 0 aliphatic carbocycles. The molecule has 9 nitrogen and oxygen atoms in total. The Balaban J connectivity index is 1.56. The highest BCUT2D eigenvalue weighted by Crippen LogP contribution is 2.29. The molecule has 2 aromatic carbocycles. The molecule has 1 heterocycles. The molecule has 1 aliphatic heterocycles. The summed E-state index contributed by atoms with van der Waals surface area (Å²) in [6, 6.07) is 9.78. The van der Waals surface area contributed by atoms with Crippen LogP contribution in [0.25, 0.3) is 0 Å². The first-order chi connectivity index (χ1) is 15.8. The highest BCUT2D eigenvalue weighted by atomic mass is 32.2. The van der Waals surface area contributed by atoms with Crippen molar-refractivity contribution in [2.24, 2.45) is 0 Å². The quantitative estimate of drug-likeness (QED) is 0.511. The average Bonchev–Trinajstić information content (AvgIpc) is 3.32. The second-order valence-corrected chi connectivity index (χ2v) is 9.43. The standard InChI is InChI=1S/C23H30N2O7S/c1-16-6-8-19(21(13-16)32-15-17-5-4-12-31-17)25-23(26)10-11-24-33(27,28)18-7-9-20(29-2)22(14-18)30-3/h6-9,13-14,17,24H,4-5,10-12,15H2,1-3H3,(H,25,26). The molecule has 0 spiro atoms. The van der Waals surface area contributed by atoms with E-state index >= 15 is 0 Å². The number of sulfonamides is 1. The van der Waals surface area contributed by atoms with Gasteiger partial charge in [0.05, 0.1) is 30.9 Å². The molecule has 1 aliphatic rings. The molecule has 0 saturated carbocycles. The Morgan fingerprint density at radius 3 is 2.58 bits per heavy atom. The van der Waals surface area contributed by atoms with Crippen molar-refractivity contribution >= 4 is 21.6 Å². The lowest BCUT2D eigenvalue weighted by atomic mass is 10.2. The van der Waals surface area contributed by atoms with Crippen LogP contribution in [0.5, 0.6) is 17.2 Å². The normalized spacial score (nSPS) is 15.8. The van der Waals surface area contributed by atoms with Crippen molar-refractivity contribution in [3.05, 3.63) is 42.0 Å². The fourth-order valence-corrected chi connectivity index (χ4v) is 4.44. The number of hydrogen-bond acceptors (Lipinski definition) is 7. The molecule has 1 unspecified atom stereocenters. The molecule has 33 heavy (non-hydrogen) atoms. The summed E-state index contributed by atoms with van der Waals surface area (Å²) in [5.74, 6) is 0.944. The van der Waals surface area contributed by atoms with Crippen LogP contribution in [0.3, 0.4) is 0 Å². The molecule has 0 radical (unpaired) electrons. The highest BCUT2D eigenvalue weighted by Gasteiger charge is 2.19. The molecule has 2 aromatic rings. The van der Waals surface area contributed by atoms with E-state index in [-0.39, 0.29) is 29.9 Å². The minimum Gasteiger partial charge on any atom is -0.493 e. The Kier molecular flexibility index (Phi) is 8.54. The van der Waals surface area contributed by atoms with Gasteiger partial charge >= 0.3 is 0 Å². The van der Waals surface area contributed by atoms with Crippen LogP contribution in [-0.4, -0.2) is 54.4 Å². The van der Waals surface area contributed by atoms with E-state index in [2.05, 4.69) is 10.0 Å². The predicted octanol–water partition coefficient (Wildman–Crippen LogP) is 2.88. The lowest BCUT2D eigenvalue weighted by Crippen LogP contribution is -2.28. The number of anilines is 1. The Morgan fingerprint density at radius 2 is 1.88 bits per heavy atom. The number of amides is 1. The van der Waals surface area contributed by atoms with Gasteiger partial charge in [-0.05, 0) is 49.6 Å². The number of carbonyl (C=O) groups excluding carboxylic acids is 1. The average molecular weight is 479 g/mol. The molecule has 2 N–H and O–H groups in total. The van der Waals surface area contributed by atoms with E-state index in [0.717, 1.165) is 25.0 Å². The monoisotopic (exact) mass is 478 g/mol. The molecule has 1 atom stereocenters. The minimum atomic E-state index is -3.82. The van der Waals surface area contributed by atoms with Gasteiger partial charge in [0.1, 0.15) is 12.4 Å². The van der Waals surface area contributed by atoms with Crippen LogP contribution in [0.1, 0.15) is 24.8 Å². The third-order valence-electron chi connectivity index (χ3n) is 5.17. The van der Waals surface area contributed by atoms with Gasteiger partial charge in [0.2, 0.25) is 15.9 Å². The first kappa shape index (κ1) is 24.8. The lowest BCUT2D eigenvalue weighted by Gasteiger charge is -2.16. The smallest absolute Gasteiger partial charge is 0.240 e. The Hall–Kier alpha value is -2.82. The summed E-state index contributed by atoms with van der Waals surface area (Å²) in [5, 5.41) is 2.80. The zero-order valence-corrected chi connectivity index (χ0v) is 19.9. The fraction of sp³-hybridized carbons (Fsp3) is 0.435. The van der Waals surface area contributed by atoms with Gasteiger partial charge < -0.3 is 24.3 Å². The van der Waals surface area contributed by atoms with Gasteiger partial charge in [-0.3, -0.25) is 4.79 Å². The summed E-state index contributed by atoms with van der Waals surface area (Å²) in [6.07, 6.45) is 1.98. The molecule has 180 valence electrons. The molecule has 1 saturated heterocycles. The zero-order valence-electron chi connectivity index (χ0n) is 19.1. The largest absolute Gasteiger partial charge is 0.493 e. The second kappa shape index (κ2) is 11.4. The zero-order chi connectivity index (χ0) is 23.8. The summed E-state index contributed by atoms with van der Waals surface area (Å²) in [4.78, 5) is 12.5. The van der Waals surface area contributed by atoms with Crippen molar-refractivity contribution in [1.82, 2.24) is 4.72 Å². The van der Waals surface area contributed by atoms with Crippen molar-refractivity contribution in [1.29, 1.82) is 0 Å². The van der Waals surface area contributed by atoms with Crippen molar-refractivity contribution in [2.45, 2.75) is 37.2 Å². The number of hydrogen-bond donors (Lipinski definition) is 2. The number of benzene rings is 2. The molecule has 1 fully saturated rings. The maximum atomic E-state index is 12.6. The van der Waals surface area contributed by atoms with Crippen LogP contribution in [-0.2, 0) is 19.6 Å². The molecule has 1 amide bonds. The maximum absolute atomic E-state index is 12.6. The minimum absolute atomic E-state index is 0.0175. The third-order valence-corrected chi connectivity index (χ3v) is 6.63. The summed E-state index contributed by atoms with van der Waals surface area (Å²) < 4.78 is 49.3. The number of methoxy groups -OCH3 is 2.